The molecule has 0 bridgehead atoms. The highest BCUT2D eigenvalue weighted by molar-refractivity contribution is 9.10. The van der Waals surface area contributed by atoms with Crippen molar-refractivity contribution in [2.24, 2.45) is 5.73 Å². The van der Waals surface area contributed by atoms with Crippen molar-refractivity contribution in [3.63, 3.8) is 0 Å². The second-order valence-electron chi connectivity index (χ2n) is 4.86. The molecular formula is C13H18BrNO. The Hall–Kier alpha value is -0.540. The van der Waals surface area contributed by atoms with E-state index in [-0.39, 0.29) is 5.41 Å². The molecule has 0 radical (unpaired) electrons. The molecule has 0 aliphatic heterocycles. The molecule has 1 saturated carbocycles. The Morgan fingerprint density at radius 2 is 2.06 bits per heavy atom. The first-order valence-electron chi connectivity index (χ1n) is 5.71. The van der Waals surface area contributed by atoms with Crippen LogP contribution in [0.15, 0.2) is 10.5 Å². The smallest absolute Gasteiger partial charge is 0.121 e. The van der Waals surface area contributed by atoms with Gasteiger partial charge in [-0.3, -0.25) is 0 Å². The first kappa shape index (κ1) is 11.9. The van der Waals surface area contributed by atoms with Crippen LogP contribution >= 0.6 is 15.9 Å². The van der Waals surface area contributed by atoms with E-state index < -0.39 is 0 Å². The summed E-state index contributed by atoms with van der Waals surface area (Å²) in [6.07, 6.45) is 3.49. The van der Waals surface area contributed by atoms with Gasteiger partial charge in [0.2, 0.25) is 0 Å². The maximum Gasteiger partial charge on any atom is 0.121 e. The molecule has 1 fully saturated rings. The Labute approximate surface area is 105 Å². The topological polar surface area (TPSA) is 46.2 Å². The average Bonchev–Trinajstić information content (AvgIpc) is 2.18. The minimum atomic E-state index is 0.0914. The van der Waals surface area contributed by atoms with E-state index in [0.717, 1.165) is 28.4 Å². The van der Waals surface area contributed by atoms with Crippen molar-refractivity contribution in [2.75, 3.05) is 6.54 Å². The molecule has 0 amide bonds. The largest absolute Gasteiger partial charge is 0.507 e. The quantitative estimate of drug-likeness (QED) is 0.876. The number of halogens is 1. The van der Waals surface area contributed by atoms with Gasteiger partial charge < -0.3 is 10.8 Å². The number of hydrogen-bond donors (Lipinski definition) is 2. The van der Waals surface area contributed by atoms with Gasteiger partial charge in [0, 0.05) is 16.4 Å². The van der Waals surface area contributed by atoms with Gasteiger partial charge in [-0.15, -0.1) is 0 Å². The standard InChI is InChI=1S/C13H18BrNO/c1-8-6-10(14)11(9(2)12(8)16)13(7-15)4-3-5-13/h6,16H,3-5,7,15H2,1-2H3. The predicted octanol–water partition coefficient (Wildman–Crippen LogP) is 3.15. The summed E-state index contributed by atoms with van der Waals surface area (Å²) in [4.78, 5) is 0. The summed E-state index contributed by atoms with van der Waals surface area (Å²) in [5, 5.41) is 10.0. The fourth-order valence-corrected chi connectivity index (χ4v) is 3.80. The van der Waals surface area contributed by atoms with E-state index in [0.29, 0.717) is 12.3 Å². The average molecular weight is 284 g/mol. The number of rotatable bonds is 2. The summed E-state index contributed by atoms with van der Waals surface area (Å²) in [5.74, 6) is 0.415. The van der Waals surface area contributed by atoms with Crippen molar-refractivity contribution in [3.05, 3.63) is 27.2 Å². The number of phenolic OH excluding ortho intramolecular Hbond substituents is 1. The fourth-order valence-electron chi connectivity index (χ4n) is 2.73. The van der Waals surface area contributed by atoms with Gasteiger partial charge in [0.1, 0.15) is 5.75 Å². The lowest BCUT2D eigenvalue weighted by molar-refractivity contribution is 0.249. The fraction of sp³-hybridized carbons (Fsp3) is 0.538. The van der Waals surface area contributed by atoms with E-state index in [1.807, 2.05) is 19.9 Å². The molecule has 3 heteroatoms. The summed E-state index contributed by atoms with van der Waals surface area (Å²) in [6, 6.07) is 1.99. The molecule has 0 saturated heterocycles. The Morgan fingerprint density at radius 1 is 1.44 bits per heavy atom. The molecule has 0 atom stereocenters. The summed E-state index contributed by atoms with van der Waals surface area (Å²) in [5.41, 5.74) is 9.13. The van der Waals surface area contributed by atoms with Crippen molar-refractivity contribution < 1.29 is 5.11 Å². The lowest BCUT2D eigenvalue weighted by Crippen LogP contribution is -2.42. The van der Waals surface area contributed by atoms with Gasteiger partial charge >= 0.3 is 0 Å². The van der Waals surface area contributed by atoms with Gasteiger partial charge in [-0.2, -0.15) is 0 Å². The number of aromatic hydroxyl groups is 1. The van der Waals surface area contributed by atoms with Crippen molar-refractivity contribution in [3.8, 4) is 5.75 Å². The number of benzene rings is 1. The normalized spacial score (nSPS) is 18.2. The molecule has 88 valence electrons. The molecule has 0 aromatic heterocycles. The van der Waals surface area contributed by atoms with Crippen molar-refractivity contribution in [1.82, 2.24) is 0 Å². The molecule has 16 heavy (non-hydrogen) atoms. The maximum absolute atomic E-state index is 10.0. The van der Waals surface area contributed by atoms with E-state index in [2.05, 4.69) is 15.9 Å². The van der Waals surface area contributed by atoms with E-state index in [4.69, 9.17) is 5.73 Å². The van der Waals surface area contributed by atoms with Gasteiger partial charge in [-0.05, 0) is 49.4 Å². The van der Waals surface area contributed by atoms with Crippen LogP contribution in [-0.4, -0.2) is 11.7 Å². The zero-order chi connectivity index (χ0) is 11.9. The van der Waals surface area contributed by atoms with Gasteiger partial charge in [0.25, 0.3) is 0 Å². The Morgan fingerprint density at radius 3 is 2.50 bits per heavy atom. The summed E-state index contributed by atoms with van der Waals surface area (Å²) >= 11 is 3.62. The van der Waals surface area contributed by atoms with Crippen LogP contribution in [0.1, 0.15) is 36.0 Å². The molecule has 0 heterocycles. The van der Waals surface area contributed by atoms with Crippen molar-refractivity contribution in [2.45, 2.75) is 38.5 Å². The van der Waals surface area contributed by atoms with E-state index in [9.17, 15) is 5.11 Å². The Kier molecular flexibility index (Phi) is 3.01. The van der Waals surface area contributed by atoms with Crippen LogP contribution in [0, 0.1) is 13.8 Å². The molecule has 0 unspecified atom stereocenters. The van der Waals surface area contributed by atoms with Crippen LogP contribution in [0.5, 0.6) is 5.75 Å². The number of hydrogen-bond acceptors (Lipinski definition) is 2. The third-order valence-corrected chi connectivity index (χ3v) is 4.54. The van der Waals surface area contributed by atoms with Crippen LogP contribution in [-0.2, 0) is 5.41 Å². The minimum Gasteiger partial charge on any atom is -0.507 e. The van der Waals surface area contributed by atoms with Crippen molar-refractivity contribution >= 4 is 15.9 Å². The van der Waals surface area contributed by atoms with Crippen LogP contribution in [0.4, 0.5) is 0 Å². The Balaban J connectivity index is 2.60. The number of nitrogens with two attached hydrogens (primary N) is 1. The van der Waals surface area contributed by atoms with Gasteiger partial charge in [-0.25, -0.2) is 0 Å². The summed E-state index contributed by atoms with van der Waals surface area (Å²) in [6.45, 7) is 4.57. The van der Waals surface area contributed by atoms with E-state index in [1.165, 1.54) is 12.0 Å². The molecule has 2 rings (SSSR count). The molecule has 3 N–H and O–H groups in total. The molecular weight excluding hydrogens is 266 g/mol. The lowest BCUT2D eigenvalue weighted by Gasteiger charge is -2.43. The van der Waals surface area contributed by atoms with Crippen LogP contribution in [0.25, 0.3) is 0 Å². The zero-order valence-electron chi connectivity index (χ0n) is 9.81. The summed E-state index contributed by atoms with van der Waals surface area (Å²) < 4.78 is 1.09. The Bertz CT molecular complexity index is 419. The van der Waals surface area contributed by atoms with Gasteiger partial charge in [0.15, 0.2) is 0 Å². The molecule has 1 aliphatic carbocycles. The van der Waals surface area contributed by atoms with Gasteiger partial charge in [-0.1, -0.05) is 22.4 Å². The zero-order valence-corrected chi connectivity index (χ0v) is 11.4. The van der Waals surface area contributed by atoms with Crippen LogP contribution in [0.3, 0.4) is 0 Å². The third-order valence-electron chi connectivity index (χ3n) is 3.92. The maximum atomic E-state index is 10.0. The summed E-state index contributed by atoms with van der Waals surface area (Å²) in [7, 11) is 0. The minimum absolute atomic E-state index is 0.0914. The van der Waals surface area contributed by atoms with E-state index >= 15 is 0 Å². The number of phenols is 1. The van der Waals surface area contributed by atoms with Crippen LogP contribution < -0.4 is 5.73 Å². The van der Waals surface area contributed by atoms with Gasteiger partial charge in [0.05, 0.1) is 0 Å². The highest BCUT2D eigenvalue weighted by Crippen LogP contribution is 2.48. The number of aryl methyl sites for hydroxylation is 1. The van der Waals surface area contributed by atoms with Crippen LogP contribution in [0.2, 0.25) is 0 Å². The second-order valence-corrected chi connectivity index (χ2v) is 5.72. The first-order chi connectivity index (χ1) is 7.52. The molecule has 0 spiro atoms. The van der Waals surface area contributed by atoms with E-state index in [1.54, 1.807) is 0 Å². The SMILES string of the molecule is Cc1cc(Br)c(C2(CN)CCC2)c(C)c1O. The molecule has 1 aliphatic rings. The molecule has 1 aromatic rings. The third kappa shape index (κ3) is 1.57. The second kappa shape index (κ2) is 4.04. The molecule has 2 nitrogen and oxygen atoms in total. The van der Waals surface area contributed by atoms with Crippen molar-refractivity contribution in [1.29, 1.82) is 0 Å². The highest BCUT2D eigenvalue weighted by Gasteiger charge is 2.40. The lowest BCUT2D eigenvalue weighted by atomic mass is 9.63. The predicted molar refractivity (Wildman–Crippen MR) is 69.9 cm³/mol. The first-order valence-corrected chi connectivity index (χ1v) is 6.50. The highest BCUT2D eigenvalue weighted by atomic mass is 79.9. The molecule has 1 aromatic carbocycles. The monoisotopic (exact) mass is 283 g/mol.